The molecule has 1 amide bonds. The van der Waals surface area contributed by atoms with E-state index in [1.807, 2.05) is 0 Å². The minimum Gasteiger partial charge on any atom is -0.491 e. The molecule has 0 N–H and O–H groups in total. The number of carbonyl (C=O) groups is 1. The van der Waals surface area contributed by atoms with E-state index in [0.29, 0.717) is 38.5 Å². The Morgan fingerprint density at radius 3 is 2.74 bits per heavy atom. The van der Waals surface area contributed by atoms with Crippen molar-refractivity contribution in [2.45, 2.75) is 6.92 Å². The highest BCUT2D eigenvalue weighted by molar-refractivity contribution is 5.68. The highest BCUT2D eigenvalue weighted by Gasteiger charge is 2.24. The summed E-state index contributed by atoms with van der Waals surface area (Å²) in [6.45, 7) is 4.84. The first-order valence-electron chi connectivity index (χ1n) is 6.27. The van der Waals surface area contributed by atoms with Crippen LogP contribution in [0.4, 0.5) is 10.6 Å². The number of rotatable bonds is 3. The Labute approximate surface area is 112 Å². The van der Waals surface area contributed by atoms with Crippen LogP contribution in [0, 0.1) is 0 Å². The highest BCUT2D eigenvalue weighted by Crippen LogP contribution is 2.24. The molecule has 1 aliphatic rings. The molecule has 2 heterocycles. The van der Waals surface area contributed by atoms with Gasteiger partial charge in [-0.1, -0.05) is 0 Å². The third-order valence-electron chi connectivity index (χ3n) is 2.98. The first-order chi connectivity index (χ1) is 9.26. The molecule has 1 aromatic heterocycles. The Bertz CT molecular complexity index is 433. The highest BCUT2D eigenvalue weighted by atomic mass is 16.6. The molecule has 7 nitrogen and oxygen atoms in total. The maximum absolute atomic E-state index is 11.6. The lowest BCUT2D eigenvalue weighted by Crippen LogP contribution is -2.49. The van der Waals surface area contributed by atoms with Crippen LogP contribution in [-0.4, -0.2) is 60.9 Å². The Morgan fingerprint density at radius 2 is 2.11 bits per heavy atom. The van der Waals surface area contributed by atoms with E-state index < -0.39 is 0 Å². The van der Waals surface area contributed by atoms with Gasteiger partial charge in [-0.3, -0.25) is 0 Å². The summed E-state index contributed by atoms with van der Waals surface area (Å²) in [6, 6.07) is 0. The zero-order valence-electron chi connectivity index (χ0n) is 11.2. The average Bonchev–Trinajstić information content (AvgIpc) is 2.47. The molecule has 0 aliphatic carbocycles. The van der Waals surface area contributed by atoms with Crippen LogP contribution < -0.4 is 9.64 Å². The minimum absolute atomic E-state index is 0.253. The molecule has 0 saturated carbocycles. The van der Waals surface area contributed by atoms with E-state index in [1.54, 1.807) is 25.1 Å². The maximum atomic E-state index is 11.6. The van der Waals surface area contributed by atoms with Crippen LogP contribution in [0.5, 0.6) is 5.75 Å². The molecule has 7 heteroatoms. The molecule has 0 aromatic carbocycles. The van der Waals surface area contributed by atoms with Crippen LogP contribution in [0.2, 0.25) is 0 Å². The number of hydrogen-bond donors (Lipinski definition) is 0. The van der Waals surface area contributed by atoms with Crippen LogP contribution >= 0.6 is 0 Å². The van der Waals surface area contributed by atoms with E-state index in [-0.39, 0.29) is 6.09 Å². The summed E-state index contributed by atoms with van der Waals surface area (Å²) in [5, 5.41) is 0. The molecule has 1 aliphatic heterocycles. The molecule has 19 heavy (non-hydrogen) atoms. The van der Waals surface area contributed by atoms with E-state index in [9.17, 15) is 4.79 Å². The number of piperazine rings is 1. The van der Waals surface area contributed by atoms with Crippen LogP contribution in [-0.2, 0) is 4.74 Å². The average molecular weight is 266 g/mol. The second-order valence-electron chi connectivity index (χ2n) is 4.09. The molecule has 0 unspecified atom stereocenters. The number of methoxy groups -OCH3 is 1. The van der Waals surface area contributed by atoms with Crippen LogP contribution in [0.3, 0.4) is 0 Å². The number of carbonyl (C=O) groups excluding carboxylic acids is 1. The van der Waals surface area contributed by atoms with Gasteiger partial charge in [-0.2, -0.15) is 0 Å². The molecular formula is C12H18N4O3. The van der Waals surface area contributed by atoms with Crippen molar-refractivity contribution in [2.75, 3.05) is 44.8 Å². The Kier molecular flexibility index (Phi) is 4.38. The predicted octanol–water partition coefficient (Wildman–Crippen LogP) is 0.764. The number of ether oxygens (including phenoxy) is 2. The van der Waals surface area contributed by atoms with Crippen molar-refractivity contribution in [1.29, 1.82) is 0 Å². The number of amides is 1. The predicted molar refractivity (Wildman–Crippen MR) is 69.4 cm³/mol. The summed E-state index contributed by atoms with van der Waals surface area (Å²) in [5.74, 6) is 1.41. The van der Waals surface area contributed by atoms with Crippen molar-refractivity contribution < 1.29 is 14.3 Å². The molecule has 0 atom stereocenters. The zero-order chi connectivity index (χ0) is 13.7. The zero-order valence-corrected chi connectivity index (χ0v) is 11.2. The Morgan fingerprint density at radius 1 is 1.37 bits per heavy atom. The summed E-state index contributed by atoms with van der Waals surface area (Å²) in [4.78, 5) is 23.5. The van der Waals surface area contributed by atoms with Gasteiger partial charge < -0.3 is 19.3 Å². The first kappa shape index (κ1) is 13.4. The van der Waals surface area contributed by atoms with Crippen molar-refractivity contribution in [1.82, 2.24) is 14.9 Å². The summed E-state index contributed by atoms with van der Waals surface area (Å²) < 4.78 is 10.2. The fourth-order valence-corrected chi connectivity index (χ4v) is 2.01. The summed E-state index contributed by atoms with van der Waals surface area (Å²) in [7, 11) is 1.59. The molecule has 1 saturated heterocycles. The maximum Gasteiger partial charge on any atom is 0.409 e. The third-order valence-corrected chi connectivity index (χ3v) is 2.98. The molecule has 0 bridgehead atoms. The lowest BCUT2D eigenvalue weighted by atomic mass is 10.3. The number of anilines is 1. The largest absolute Gasteiger partial charge is 0.491 e. The molecular weight excluding hydrogens is 248 g/mol. The minimum atomic E-state index is -0.253. The van der Waals surface area contributed by atoms with Crippen molar-refractivity contribution in [2.24, 2.45) is 0 Å². The lowest BCUT2D eigenvalue weighted by molar-refractivity contribution is 0.105. The van der Waals surface area contributed by atoms with Gasteiger partial charge in [0, 0.05) is 26.2 Å². The molecule has 0 radical (unpaired) electrons. The summed E-state index contributed by atoms with van der Waals surface area (Å²) >= 11 is 0. The van der Waals surface area contributed by atoms with Gasteiger partial charge in [-0.25, -0.2) is 14.8 Å². The summed E-state index contributed by atoms with van der Waals surface area (Å²) in [6.07, 6.45) is 2.88. The number of nitrogens with zero attached hydrogens (tertiary/aromatic N) is 4. The second kappa shape index (κ2) is 6.21. The van der Waals surface area contributed by atoms with Gasteiger partial charge >= 0.3 is 6.09 Å². The van der Waals surface area contributed by atoms with Crippen molar-refractivity contribution in [3.05, 3.63) is 12.5 Å². The fourth-order valence-electron chi connectivity index (χ4n) is 2.01. The van der Waals surface area contributed by atoms with Gasteiger partial charge in [-0.05, 0) is 6.92 Å². The molecule has 0 spiro atoms. The van der Waals surface area contributed by atoms with Gasteiger partial charge in [0.25, 0.3) is 0 Å². The molecule has 2 rings (SSSR count). The fraction of sp³-hybridized carbons (Fsp3) is 0.583. The van der Waals surface area contributed by atoms with E-state index >= 15 is 0 Å². The van der Waals surface area contributed by atoms with E-state index in [2.05, 4.69) is 14.9 Å². The summed E-state index contributed by atoms with van der Waals surface area (Å²) in [5.41, 5.74) is 0. The van der Waals surface area contributed by atoms with Crippen molar-refractivity contribution in [3.8, 4) is 5.75 Å². The smallest absolute Gasteiger partial charge is 0.409 e. The van der Waals surface area contributed by atoms with Crippen LogP contribution in [0.15, 0.2) is 12.5 Å². The molecule has 104 valence electrons. The van der Waals surface area contributed by atoms with E-state index in [0.717, 1.165) is 5.82 Å². The van der Waals surface area contributed by atoms with Crippen LogP contribution in [0.1, 0.15) is 6.92 Å². The molecule has 1 fully saturated rings. The number of hydrogen-bond acceptors (Lipinski definition) is 6. The van der Waals surface area contributed by atoms with Gasteiger partial charge in [0.05, 0.1) is 19.9 Å². The van der Waals surface area contributed by atoms with Gasteiger partial charge in [0.2, 0.25) is 0 Å². The van der Waals surface area contributed by atoms with Gasteiger partial charge in [0.1, 0.15) is 6.33 Å². The van der Waals surface area contributed by atoms with Crippen molar-refractivity contribution in [3.63, 3.8) is 0 Å². The Hall–Kier alpha value is -2.05. The topological polar surface area (TPSA) is 67.8 Å². The van der Waals surface area contributed by atoms with E-state index in [4.69, 9.17) is 9.47 Å². The van der Waals surface area contributed by atoms with Crippen molar-refractivity contribution >= 4 is 11.9 Å². The molecule has 1 aromatic rings. The monoisotopic (exact) mass is 266 g/mol. The first-order valence-corrected chi connectivity index (χ1v) is 6.27. The lowest BCUT2D eigenvalue weighted by Gasteiger charge is -2.34. The SMILES string of the molecule is CCOC(=O)N1CCN(c2ncncc2OC)CC1. The van der Waals surface area contributed by atoms with Gasteiger partial charge in [-0.15, -0.1) is 0 Å². The Balaban J connectivity index is 1.98. The van der Waals surface area contributed by atoms with Gasteiger partial charge in [0.15, 0.2) is 11.6 Å². The number of aromatic nitrogens is 2. The van der Waals surface area contributed by atoms with E-state index in [1.165, 1.54) is 6.33 Å². The standard InChI is InChI=1S/C12H18N4O3/c1-3-19-12(17)16-6-4-15(5-7-16)11-10(18-2)8-13-9-14-11/h8-9H,3-7H2,1-2H3. The third kappa shape index (κ3) is 3.04. The normalized spacial score (nSPS) is 15.3. The van der Waals surface area contributed by atoms with Crippen LogP contribution in [0.25, 0.3) is 0 Å². The second-order valence-corrected chi connectivity index (χ2v) is 4.09. The quantitative estimate of drug-likeness (QED) is 0.804.